The topological polar surface area (TPSA) is 90.6 Å². The van der Waals surface area contributed by atoms with Gasteiger partial charge in [0.15, 0.2) is 5.82 Å². The third-order valence-corrected chi connectivity index (χ3v) is 5.20. The van der Waals surface area contributed by atoms with Crippen molar-refractivity contribution in [3.63, 3.8) is 0 Å². The lowest BCUT2D eigenvalue weighted by Crippen LogP contribution is -2.13. The van der Waals surface area contributed by atoms with E-state index in [1.54, 1.807) is 35.9 Å². The van der Waals surface area contributed by atoms with Gasteiger partial charge in [-0.1, -0.05) is 17.4 Å². The van der Waals surface area contributed by atoms with Gasteiger partial charge in [-0.2, -0.15) is 9.61 Å². The number of aromatic nitrogens is 4. The summed E-state index contributed by atoms with van der Waals surface area (Å²) in [5.41, 5.74) is 1.90. The minimum absolute atomic E-state index is 0.254. The van der Waals surface area contributed by atoms with Crippen molar-refractivity contribution in [1.82, 2.24) is 19.8 Å². The van der Waals surface area contributed by atoms with E-state index in [1.807, 2.05) is 32.0 Å². The van der Waals surface area contributed by atoms with Gasteiger partial charge < -0.3 is 14.8 Å². The van der Waals surface area contributed by atoms with Crippen molar-refractivity contribution in [3.05, 3.63) is 53.9 Å². The van der Waals surface area contributed by atoms with Crippen LogP contribution in [0, 0.1) is 6.92 Å². The normalized spacial score (nSPS) is 10.9. The molecule has 0 unspecified atom stereocenters. The molecule has 2 aromatic carbocycles. The Balaban J connectivity index is 1.64. The number of anilines is 1. The zero-order valence-electron chi connectivity index (χ0n) is 16.2. The summed E-state index contributed by atoms with van der Waals surface area (Å²) in [5, 5.41) is 16.3. The molecule has 29 heavy (non-hydrogen) atoms. The number of ether oxygens (including phenoxy) is 2. The molecule has 0 aliphatic heterocycles. The first-order valence-electron chi connectivity index (χ1n) is 9.00. The molecule has 0 saturated carbocycles. The number of benzene rings is 2. The number of fused-ring (bicyclic) bond motifs is 1. The van der Waals surface area contributed by atoms with Crippen LogP contribution in [0.25, 0.3) is 15.5 Å². The molecule has 0 bridgehead atoms. The van der Waals surface area contributed by atoms with Crippen LogP contribution in [0.3, 0.4) is 0 Å². The number of nitrogens with zero attached hydrogens (tertiary/aromatic N) is 4. The van der Waals surface area contributed by atoms with Crippen molar-refractivity contribution in [2.45, 2.75) is 13.8 Å². The van der Waals surface area contributed by atoms with E-state index in [2.05, 4.69) is 20.6 Å². The minimum atomic E-state index is -0.254. The lowest BCUT2D eigenvalue weighted by molar-refractivity contribution is 0.102. The Kier molecular flexibility index (Phi) is 5.13. The van der Waals surface area contributed by atoms with Gasteiger partial charge >= 0.3 is 0 Å². The maximum atomic E-state index is 12.8. The fraction of sp³-hybridized carbons (Fsp3) is 0.200. The van der Waals surface area contributed by atoms with Crippen LogP contribution in [-0.4, -0.2) is 39.4 Å². The molecular weight excluding hydrogens is 390 g/mol. The molecule has 4 aromatic rings. The maximum Gasteiger partial charge on any atom is 0.255 e. The quantitative estimate of drug-likeness (QED) is 0.521. The van der Waals surface area contributed by atoms with Crippen molar-refractivity contribution in [2.75, 3.05) is 19.0 Å². The molecule has 4 rings (SSSR count). The predicted octanol–water partition coefficient (Wildman–Crippen LogP) is 3.82. The summed E-state index contributed by atoms with van der Waals surface area (Å²) < 4.78 is 12.6. The van der Waals surface area contributed by atoms with E-state index in [-0.39, 0.29) is 5.91 Å². The Morgan fingerprint density at radius 3 is 2.83 bits per heavy atom. The number of nitrogens with one attached hydrogen (secondary N) is 1. The van der Waals surface area contributed by atoms with Gasteiger partial charge in [-0.05, 0) is 50.2 Å². The summed E-state index contributed by atoms with van der Waals surface area (Å²) in [6.45, 7) is 4.28. The van der Waals surface area contributed by atoms with Crippen LogP contribution < -0.4 is 14.8 Å². The van der Waals surface area contributed by atoms with E-state index in [9.17, 15) is 4.79 Å². The molecule has 2 heterocycles. The van der Waals surface area contributed by atoms with Gasteiger partial charge in [0.2, 0.25) is 4.96 Å². The van der Waals surface area contributed by atoms with Crippen LogP contribution in [0.4, 0.5) is 5.69 Å². The Morgan fingerprint density at radius 2 is 2.07 bits per heavy atom. The molecule has 148 valence electrons. The molecule has 0 aliphatic rings. The van der Waals surface area contributed by atoms with E-state index in [4.69, 9.17) is 9.47 Å². The predicted molar refractivity (Wildman–Crippen MR) is 111 cm³/mol. The highest BCUT2D eigenvalue weighted by molar-refractivity contribution is 7.19. The van der Waals surface area contributed by atoms with Gasteiger partial charge in [-0.3, -0.25) is 4.79 Å². The van der Waals surface area contributed by atoms with Crippen LogP contribution in [0.15, 0.2) is 42.5 Å². The van der Waals surface area contributed by atoms with Crippen molar-refractivity contribution < 1.29 is 14.3 Å². The fourth-order valence-electron chi connectivity index (χ4n) is 2.86. The SMILES string of the molecule is CCOc1cccc(C(=O)Nc2cc(-c3nn4c(C)nnc4s3)ccc2OC)c1. The molecule has 1 amide bonds. The number of carbonyl (C=O) groups is 1. The smallest absolute Gasteiger partial charge is 0.255 e. The highest BCUT2D eigenvalue weighted by Crippen LogP contribution is 2.33. The highest BCUT2D eigenvalue weighted by atomic mass is 32.1. The van der Waals surface area contributed by atoms with E-state index >= 15 is 0 Å². The Bertz CT molecular complexity index is 1180. The lowest BCUT2D eigenvalue weighted by atomic mass is 10.1. The largest absolute Gasteiger partial charge is 0.495 e. The van der Waals surface area contributed by atoms with Crippen LogP contribution in [0.1, 0.15) is 23.1 Å². The Hall–Kier alpha value is -3.46. The molecular formula is C20H19N5O3S. The van der Waals surface area contributed by atoms with Crippen LogP contribution in [-0.2, 0) is 0 Å². The van der Waals surface area contributed by atoms with Crippen molar-refractivity contribution >= 4 is 27.9 Å². The van der Waals surface area contributed by atoms with Crippen molar-refractivity contribution in [2.24, 2.45) is 0 Å². The van der Waals surface area contributed by atoms with Gasteiger partial charge in [-0.25, -0.2) is 0 Å². The second-order valence-electron chi connectivity index (χ2n) is 6.18. The molecule has 9 heteroatoms. The number of hydrogen-bond acceptors (Lipinski definition) is 7. The van der Waals surface area contributed by atoms with Crippen LogP contribution in [0.2, 0.25) is 0 Å². The monoisotopic (exact) mass is 409 g/mol. The first-order chi connectivity index (χ1) is 14.1. The molecule has 8 nitrogen and oxygen atoms in total. The minimum Gasteiger partial charge on any atom is -0.495 e. The molecule has 0 aliphatic carbocycles. The summed E-state index contributed by atoms with van der Waals surface area (Å²) in [5.74, 6) is 1.67. The second-order valence-corrected chi connectivity index (χ2v) is 7.13. The summed E-state index contributed by atoms with van der Waals surface area (Å²) in [6, 6.07) is 12.6. The van der Waals surface area contributed by atoms with Gasteiger partial charge in [0.1, 0.15) is 16.5 Å². The van der Waals surface area contributed by atoms with E-state index in [0.29, 0.717) is 34.3 Å². The highest BCUT2D eigenvalue weighted by Gasteiger charge is 2.15. The summed E-state index contributed by atoms with van der Waals surface area (Å²) in [6.07, 6.45) is 0. The molecule has 0 atom stereocenters. The first-order valence-corrected chi connectivity index (χ1v) is 9.82. The summed E-state index contributed by atoms with van der Waals surface area (Å²) in [7, 11) is 1.56. The van der Waals surface area contributed by atoms with E-state index in [0.717, 1.165) is 16.4 Å². The van der Waals surface area contributed by atoms with Crippen molar-refractivity contribution in [1.29, 1.82) is 0 Å². The summed E-state index contributed by atoms with van der Waals surface area (Å²) in [4.78, 5) is 13.5. The molecule has 1 N–H and O–H groups in total. The van der Waals surface area contributed by atoms with E-state index in [1.165, 1.54) is 11.3 Å². The second kappa shape index (κ2) is 7.88. The fourth-order valence-corrected chi connectivity index (χ4v) is 3.74. The Labute approximate surface area is 171 Å². The van der Waals surface area contributed by atoms with Crippen LogP contribution >= 0.6 is 11.3 Å². The lowest BCUT2D eigenvalue weighted by Gasteiger charge is -2.12. The molecule has 0 saturated heterocycles. The molecule has 0 fully saturated rings. The number of aryl methyl sites for hydroxylation is 1. The zero-order chi connectivity index (χ0) is 20.4. The summed E-state index contributed by atoms with van der Waals surface area (Å²) >= 11 is 1.42. The van der Waals surface area contributed by atoms with Crippen LogP contribution in [0.5, 0.6) is 11.5 Å². The van der Waals surface area contributed by atoms with Gasteiger partial charge in [0.05, 0.1) is 19.4 Å². The third-order valence-electron chi connectivity index (χ3n) is 4.25. The van der Waals surface area contributed by atoms with Gasteiger partial charge in [0, 0.05) is 11.1 Å². The van der Waals surface area contributed by atoms with Crippen molar-refractivity contribution in [3.8, 4) is 22.1 Å². The van der Waals surface area contributed by atoms with E-state index < -0.39 is 0 Å². The number of methoxy groups -OCH3 is 1. The zero-order valence-corrected chi connectivity index (χ0v) is 17.0. The standard InChI is InChI=1S/C20H19N5O3S/c1-4-28-15-7-5-6-13(10-15)18(26)21-16-11-14(8-9-17(16)27-3)19-24-25-12(2)22-23-20(25)29-19/h5-11H,4H2,1-3H3,(H,21,26). The molecule has 2 aromatic heterocycles. The number of amides is 1. The molecule has 0 spiro atoms. The molecule has 0 radical (unpaired) electrons. The third kappa shape index (κ3) is 3.77. The van der Waals surface area contributed by atoms with Gasteiger partial charge in [0.25, 0.3) is 5.91 Å². The average molecular weight is 409 g/mol. The number of rotatable bonds is 6. The maximum absolute atomic E-state index is 12.8. The first kappa shape index (κ1) is 18.9. The Morgan fingerprint density at radius 1 is 1.21 bits per heavy atom. The average Bonchev–Trinajstić information content (AvgIpc) is 3.30. The van der Waals surface area contributed by atoms with Gasteiger partial charge in [-0.15, -0.1) is 10.2 Å². The number of hydrogen-bond donors (Lipinski definition) is 1. The number of carbonyl (C=O) groups excluding carboxylic acids is 1.